The van der Waals surface area contributed by atoms with E-state index in [1.807, 2.05) is 12.1 Å². The van der Waals surface area contributed by atoms with Crippen LogP contribution in [0.1, 0.15) is 18.1 Å². The summed E-state index contributed by atoms with van der Waals surface area (Å²) in [6.45, 7) is 1.97. The van der Waals surface area contributed by atoms with Gasteiger partial charge in [0.15, 0.2) is 0 Å². The van der Waals surface area contributed by atoms with Gasteiger partial charge in [-0.3, -0.25) is 14.5 Å². The number of nitrogens with one attached hydrogen (secondary N) is 1. The topological polar surface area (TPSA) is 107 Å². The van der Waals surface area contributed by atoms with Crippen molar-refractivity contribution < 1.29 is 22.8 Å². The molecular weight excluding hydrogens is 444 g/mol. The Kier molecular flexibility index (Phi) is 6.22. The van der Waals surface area contributed by atoms with Crippen LogP contribution in [-0.2, 0) is 30.9 Å². The molecule has 1 N–H and O–H groups in total. The highest BCUT2D eigenvalue weighted by Gasteiger charge is 2.49. The molecular formula is C23H26N4O5S. The fourth-order valence-electron chi connectivity index (χ4n) is 4.13. The van der Waals surface area contributed by atoms with E-state index in [1.54, 1.807) is 55.5 Å². The summed E-state index contributed by atoms with van der Waals surface area (Å²) in [6.07, 6.45) is 0. The zero-order valence-corrected chi connectivity index (χ0v) is 19.1. The van der Waals surface area contributed by atoms with Crippen LogP contribution < -0.4 is 5.32 Å². The molecule has 2 saturated heterocycles. The minimum atomic E-state index is -3.50. The minimum absolute atomic E-state index is 0.0949. The molecule has 9 nitrogen and oxygen atoms in total. The van der Waals surface area contributed by atoms with E-state index in [1.165, 1.54) is 9.21 Å². The van der Waals surface area contributed by atoms with E-state index in [9.17, 15) is 22.8 Å². The second kappa shape index (κ2) is 8.95. The van der Waals surface area contributed by atoms with E-state index in [0.717, 1.165) is 4.90 Å². The number of piperazine rings is 1. The predicted octanol–water partition coefficient (Wildman–Crippen LogP) is 1.13. The van der Waals surface area contributed by atoms with Crippen molar-refractivity contribution in [1.82, 2.24) is 19.4 Å². The third-order valence-electron chi connectivity index (χ3n) is 6.10. The molecule has 10 heteroatoms. The van der Waals surface area contributed by atoms with E-state index in [4.69, 9.17) is 0 Å². The summed E-state index contributed by atoms with van der Waals surface area (Å²) in [6, 6.07) is 17.2. The standard InChI is InChI=1S/C23H26N4O5S/c1-23(19-10-6-3-7-11-19)21(29)27(22(30)24-23)16-20(28)25-12-14-26(15-13-25)33(31,32)17-18-8-4-2-5-9-18/h2-11H,12-17H2,1H3,(H,24,30). The lowest BCUT2D eigenvalue weighted by molar-refractivity contribution is -0.139. The highest BCUT2D eigenvalue weighted by Crippen LogP contribution is 2.28. The molecule has 0 bridgehead atoms. The van der Waals surface area contributed by atoms with Crippen molar-refractivity contribution in [2.45, 2.75) is 18.2 Å². The molecule has 174 valence electrons. The Morgan fingerprint density at radius 1 is 0.939 bits per heavy atom. The Morgan fingerprint density at radius 3 is 2.12 bits per heavy atom. The van der Waals surface area contributed by atoms with Gasteiger partial charge in [-0.1, -0.05) is 60.7 Å². The number of hydrogen-bond acceptors (Lipinski definition) is 5. The molecule has 4 rings (SSSR count). The molecule has 0 aromatic heterocycles. The molecule has 2 aliphatic rings. The fourth-order valence-corrected chi connectivity index (χ4v) is 5.65. The molecule has 1 unspecified atom stereocenters. The largest absolute Gasteiger partial charge is 0.338 e. The van der Waals surface area contributed by atoms with Crippen molar-refractivity contribution in [3.05, 3.63) is 71.8 Å². The van der Waals surface area contributed by atoms with Crippen molar-refractivity contribution in [3.8, 4) is 0 Å². The third-order valence-corrected chi connectivity index (χ3v) is 7.95. The Bertz CT molecular complexity index is 1150. The molecule has 1 atom stereocenters. The summed E-state index contributed by atoms with van der Waals surface area (Å²) in [5.74, 6) is -0.977. The number of rotatable bonds is 6. The number of imide groups is 1. The molecule has 33 heavy (non-hydrogen) atoms. The Labute approximate surface area is 193 Å². The van der Waals surface area contributed by atoms with Gasteiger partial charge in [-0.15, -0.1) is 0 Å². The summed E-state index contributed by atoms with van der Waals surface area (Å²) < 4.78 is 26.8. The molecule has 4 amide bonds. The maximum Gasteiger partial charge on any atom is 0.325 e. The van der Waals surface area contributed by atoms with Crippen LogP contribution in [0.15, 0.2) is 60.7 Å². The lowest BCUT2D eigenvalue weighted by Gasteiger charge is -2.34. The van der Waals surface area contributed by atoms with Gasteiger partial charge in [-0.2, -0.15) is 4.31 Å². The maximum absolute atomic E-state index is 13.0. The number of sulfonamides is 1. The average molecular weight is 471 g/mol. The molecule has 2 aromatic rings. The molecule has 2 aliphatic heterocycles. The van der Waals surface area contributed by atoms with Crippen LogP contribution in [0.2, 0.25) is 0 Å². The van der Waals surface area contributed by atoms with Crippen molar-refractivity contribution in [2.24, 2.45) is 0 Å². The number of carbonyl (C=O) groups is 3. The third kappa shape index (κ3) is 4.62. The molecule has 0 saturated carbocycles. The number of amides is 4. The predicted molar refractivity (Wildman–Crippen MR) is 121 cm³/mol. The number of hydrogen-bond donors (Lipinski definition) is 1. The van der Waals surface area contributed by atoms with Gasteiger partial charge in [0.05, 0.1) is 5.75 Å². The van der Waals surface area contributed by atoms with Crippen LogP contribution in [0.4, 0.5) is 4.79 Å². The highest BCUT2D eigenvalue weighted by atomic mass is 32.2. The van der Waals surface area contributed by atoms with Gasteiger partial charge in [0.25, 0.3) is 5.91 Å². The van der Waals surface area contributed by atoms with Gasteiger partial charge in [0.2, 0.25) is 15.9 Å². The van der Waals surface area contributed by atoms with E-state index < -0.39 is 33.4 Å². The van der Waals surface area contributed by atoms with Crippen LogP contribution in [0.3, 0.4) is 0 Å². The van der Waals surface area contributed by atoms with Crippen LogP contribution >= 0.6 is 0 Å². The summed E-state index contributed by atoms with van der Waals surface area (Å²) in [7, 11) is -3.50. The fraction of sp³-hybridized carbons (Fsp3) is 0.348. The summed E-state index contributed by atoms with van der Waals surface area (Å²) in [4.78, 5) is 40.7. The van der Waals surface area contributed by atoms with Crippen molar-refractivity contribution in [3.63, 3.8) is 0 Å². The minimum Gasteiger partial charge on any atom is -0.338 e. The number of benzene rings is 2. The summed E-state index contributed by atoms with van der Waals surface area (Å²) in [5.41, 5.74) is 0.106. The van der Waals surface area contributed by atoms with Gasteiger partial charge in [0, 0.05) is 26.2 Å². The second-order valence-electron chi connectivity index (χ2n) is 8.33. The molecule has 0 radical (unpaired) electrons. The van der Waals surface area contributed by atoms with Gasteiger partial charge in [-0.25, -0.2) is 13.2 Å². The number of urea groups is 1. The Balaban J connectivity index is 1.36. The Morgan fingerprint density at radius 2 is 1.52 bits per heavy atom. The van der Waals surface area contributed by atoms with Gasteiger partial charge in [-0.05, 0) is 18.1 Å². The summed E-state index contributed by atoms with van der Waals surface area (Å²) >= 11 is 0. The first-order chi connectivity index (χ1) is 15.7. The summed E-state index contributed by atoms with van der Waals surface area (Å²) in [5, 5.41) is 2.68. The van der Waals surface area contributed by atoms with Crippen molar-refractivity contribution in [2.75, 3.05) is 32.7 Å². The zero-order valence-electron chi connectivity index (χ0n) is 18.3. The smallest absolute Gasteiger partial charge is 0.325 e. The van der Waals surface area contributed by atoms with Crippen molar-refractivity contribution in [1.29, 1.82) is 0 Å². The molecule has 0 aliphatic carbocycles. The Hall–Kier alpha value is -3.24. The van der Waals surface area contributed by atoms with E-state index in [2.05, 4.69) is 5.32 Å². The lowest BCUT2D eigenvalue weighted by atomic mass is 9.92. The first-order valence-electron chi connectivity index (χ1n) is 10.7. The van der Waals surface area contributed by atoms with Crippen LogP contribution in [0.5, 0.6) is 0 Å². The second-order valence-corrected chi connectivity index (χ2v) is 10.3. The van der Waals surface area contributed by atoms with Gasteiger partial charge < -0.3 is 10.2 Å². The van der Waals surface area contributed by atoms with Crippen LogP contribution in [0, 0.1) is 0 Å². The molecule has 0 spiro atoms. The zero-order chi connectivity index (χ0) is 23.6. The van der Waals surface area contributed by atoms with E-state index >= 15 is 0 Å². The monoisotopic (exact) mass is 470 g/mol. The van der Waals surface area contributed by atoms with Crippen LogP contribution in [-0.4, -0.2) is 73.1 Å². The van der Waals surface area contributed by atoms with Crippen molar-refractivity contribution >= 4 is 27.9 Å². The number of carbonyl (C=O) groups excluding carboxylic acids is 3. The quantitative estimate of drug-likeness (QED) is 0.637. The van der Waals surface area contributed by atoms with Crippen LogP contribution in [0.25, 0.3) is 0 Å². The van der Waals surface area contributed by atoms with E-state index in [0.29, 0.717) is 11.1 Å². The SMILES string of the molecule is CC1(c2ccccc2)NC(=O)N(CC(=O)N2CCN(S(=O)(=O)Cc3ccccc3)CC2)C1=O. The van der Waals surface area contributed by atoms with E-state index in [-0.39, 0.29) is 38.5 Å². The molecule has 2 aromatic carbocycles. The maximum atomic E-state index is 13.0. The first kappa shape index (κ1) is 22.9. The first-order valence-corrected chi connectivity index (χ1v) is 12.3. The average Bonchev–Trinajstić information content (AvgIpc) is 3.04. The van der Waals surface area contributed by atoms with Gasteiger partial charge in [0.1, 0.15) is 12.1 Å². The van der Waals surface area contributed by atoms with Gasteiger partial charge >= 0.3 is 6.03 Å². The lowest BCUT2D eigenvalue weighted by Crippen LogP contribution is -2.53. The number of nitrogens with zero attached hydrogens (tertiary/aromatic N) is 3. The molecule has 2 fully saturated rings. The normalized spacial score (nSPS) is 21.8. The molecule has 2 heterocycles. The highest BCUT2D eigenvalue weighted by molar-refractivity contribution is 7.88.